The van der Waals surface area contributed by atoms with Gasteiger partial charge < -0.3 is 15.5 Å². The zero-order chi connectivity index (χ0) is 16.8. The van der Waals surface area contributed by atoms with E-state index >= 15 is 0 Å². The van der Waals surface area contributed by atoms with Gasteiger partial charge in [-0.15, -0.1) is 29.9 Å². The largest absolute Gasteiger partial charge is 0.350 e. The van der Waals surface area contributed by atoms with E-state index in [1.165, 1.54) is 25.8 Å². The van der Waals surface area contributed by atoms with Gasteiger partial charge in [0.2, 0.25) is 0 Å². The van der Waals surface area contributed by atoms with E-state index in [-0.39, 0.29) is 30.7 Å². The fourth-order valence-corrected chi connectivity index (χ4v) is 3.69. The lowest BCUT2D eigenvalue weighted by Gasteiger charge is -2.31. The van der Waals surface area contributed by atoms with Crippen LogP contribution in [0.25, 0.3) is 0 Å². The Kier molecular flexibility index (Phi) is 10.5. The van der Waals surface area contributed by atoms with E-state index in [1.54, 1.807) is 6.20 Å². The van der Waals surface area contributed by atoms with Crippen molar-refractivity contribution in [2.24, 2.45) is 5.92 Å². The van der Waals surface area contributed by atoms with Crippen LogP contribution in [0.1, 0.15) is 55.6 Å². The lowest BCUT2D eigenvalue weighted by Crippen LogP contribution is -2.39. The number of nitrogens with one attached hydrogen (secondary N) is 2. The highest BCUT2D eigenvalue weighted by molar-refractivity contribution is 5.91. The highest BCUT2D eigenvalue weighted by atomic mass is 35.5. The van der Waals surface area contributed by atoms with Crippen LogP contribution in [0.15, 0.2) is 6.20 Å². The van der Waals surface area contributed by atoms with E-state index in [0.29, 0.717) is 17.7 Å². The highest BCUT2D eigenvalue weighted by Crippen LogP contribution is 2.18. The quantitative estimate of drug-likeness (QED) is 0.754. The Morgan fingerprint density at radius 1 is 1.23 bits per heavy atom. The first kappa shape index (κ1) is 23.1. The Morgan fingerprint density at radius 3 is 2.58 bits per heavy atom. The Hall–Kier alpha value is -0.890. The molecule has 0 atom stereocenters. The van der Waals surface area contributed by atoms with Gasteiger partial charge in [-0.05, 0) is 70.7 Å². The topological polar surface area (TPSA) is 75.1 Å². The first-order valence-electron chi connectivity index (χ1n) is 9.39. The number of hydrogen-bond acceptors (Lipinski definition) is 5. The second-order valence-electron chi connectivity index (χ2n) is 7.06. The second kappa shape index (κ2) is 11.7. The van der Waals surface area contributed by atoms with E-state index in [0.717, 1.165) is 45.6 Å². The molecular weight excluding hydrogens is 375 g/mol. The summed E-state index contributed by atoms with van der Waals surface area (Å²) in [5, 5.41) is 14.6. The molecule has 150 valence electrons. The number of likely N-dealkylation sites (tertiary alicyclic amines) is 1. The molecule has 26 heavy (non-hydrogen) atoms. The highest BCUT2D eigenvalue weighted by Gasteiger charge is 2.21. The number of nitrogens with zero attached hydrogens (tertiary/aromatic N) is 4. The van der Waals surface area contributed by atoms with Crippen molar-refractivity contribution in [2.75, 3.05) is 39.3 Å². The first-order chi connectivity index (χ1) is 11.8. The van der Waals surface area contributed by atoms with Gasteiger partial charge >= 0.3 is 0 Å². The van der Waals surface area contributed by atoms with Gasteiger partial charge in [0.25, 0.3) is 5.91 Å². The van der Waals surface area contributed by atoms with Gasteiger partial charge in [0.15, 0.2) is 5.69 Å². The average Bonchev–Trinajstić information content (AvgIpc) is 3.12. The van der Waals surface area contributed by atoms with Crippen LogP contribution in [0, 0.1) is 5.92 Å². The Bertz CT molecular complexity index is 527. The molecule has 2 aliphatic rings. The van der Waals surface area contributed by atoms with E-state index in [9.17, 15) is 4.79 Å². The summed E-state index contributed by atoms with van der Waals surface area (Å²) in [6, 6.07) is 0.364. The van der Waals surface area contributed by atoms with Gasteiger partial charge in [0, 0.05) is 6.54 Å². The van der Waals surface area contributed by atoms with E-state index < -0.39 is 0 Å². The molecule has 2 saturated heterocycles. The van der Waals surface area contributed by atoms with E-state index in [1.807, 2.05) is 4.68 Å². The number of piperidine rings is 2. The number of hydrogen-bond donors (Lipinski definition) is 2. The molecule has 1 aromatic heterocycles. The van der Waals surface area contributed by atoms with Crippen LogP contribution in [0.4, 0.5) is 0 Å². The summed E-state index contributed by atoms with van der Waals surface area (Å²) in [4.78, 5) is 14.8. The smallest absolute Gasteiger partial charge is 0.273 e. The summed E-state index contributed by atoms with van der Waals surface area (Å²) in [6.07, 6.45) is 7.44. The minimum Gasteiger partial charge on any atom is -0.350 e. The summed E-state index contributed by atoms with van der Waals surface area (Å²) in [5.74, 6) is 0.493. The lowest BCUT2D eigenvalue weighted by molar-refractivity contribution is 0.0931. The van der Waals surface area contributed by atoms with Gasteiger partial charge in [-0.25, -0.2) is 4.68 Å². The maximum absolute atomic E-state index is 12.3. The molecule has 2 aliphatic heterocycles. The normalized spacial score (nSPS) is 19.4. The van der Waals surface area contributed by atoms with Crippen molar-refractivity contribution in [2.45, 2.75) is 45.1 Å². The van der Waals surface area contributed by atoms with Crippen LogP contribution in [-0.2, 0) is 0 Å². The maximum atomic E-state index is 12.3. The molecule has 0 unspecified atom stereocenters. The van der Waals surface area contributed by atoms with Crippen molar-refractivity contribution >= 4 is 30.7 Å². The van der Waals surface area contributed by atoms with Crippen molar-refractivity contribution in [1.82, 2.24) is 30.5 Å². The van der Waals surface area contributed by atoms with Crippen LogP contribution in [0.5, 0.6) is 0 Å². The molecule has 9 heteroatoms. The number of halogens is 2. The van der Waals surface area contributed by atoms with Crippen molar-refractivity contribution < 1.29 is 4.79 Å². The molecule has 2 fully saturated rings. The lowest BCUT2D eigenvalue weighted by atomic mass is 9.96. The van der Waals surface area contributed by atoms with Crippen molar-refractivity contribution in [1.29, 1.82) is 0 Å². The number of aromatic nitrogens is 3. The predicted octanol–water partition coefficient (Wildman–Crippen LogP) is 1.90. The van der Waals surface area contributed by atoms with E-state index in [4.69, 9.17) is 0 Å². The number of amides is 1. The molecule has 0 radical (unpaired) electrons. The fourth-order valence-electron chi connectivity index (χ4n) is 3.69. The van der Waals surface area contributed by atoms with Gasteiger partial charge in [-0.2, -0.15) is 0 Å². The van der Waals surface area contributed by atoms with Crippen LogP contribution < -0.4 is 10.6 Å². The number of carbonyl (C=O) groups is 1. The predicted molar refractivity (Wildman–Crippen MR) is 107 cm³/mol. The Balaban J connectivity index is 0.00000169. The molecule has 0 saturated carbocycles. The average molecular weight is 407 g/mol. The molecule has 3 heterocycles. The Labute approximate surface area is 168 Å². The fraction of sp³-hybridized carbons (Fsp3) is 0.824. The standard InChI is InChI=1S/C17H30N6O.2ClH/c1-2-9-22-10-5-14(6-11-22)12-19-17(24)16-13-23(21-20-16)15-3-7-18-8-4-15;;/h13-15,18H,2-12H2,1H3,(H,19,24);2*1H. The zero-order valence-corrected chi connectivity index (χ0v) is 17.2. The van der Waals surface area contributed by atoms with Crippen LogP contribution in [0.3, 0.4) is 0 Å². The molecule has 7 nitrogen and oxygen atoms in total. The molecule has 0 bridgehead atoms. The summed E-state index contributed by atoms with van der Waals surface area (Å²) >= 11 is 0. The first-order valence-corrected chi connectivity index (χ1v) is 9.39. The number of rotatable bonds is 6. The van der Waals surface area contributed by atoms with Gasteiger partial charge in [0.05, 0.1) is 12.2 Å². The molecule has 0 spiro atoms. The summed E-state index contributed by atoms with van der Waals surface area (Å²) < 4.78 is 1.86. The molecule has 3 rings (SSSR count). The van der Waals surface area contributed by atoms with Crippen LogP contribution in [-0.4, -0.2) is 65.1 Å². The third-order valence-electron chi connectivity index (χ3n) is 5.22. The molecule has 1 amide bonds. The van der Waals surface area contributed by atoms with Gasteiger partial charge in [0.1, 0.15) is 0 Å². The zero-order valence-electron chi connectivity index (χ0n) is 15.5. The third kappa shape index (κ3) is 6.37. The molecule has 2 N–H and O–H groups in total. The van der Waals surface area contributed by atoms with Crippen LogP contribution in [0.2, 0.25) is 0 Å². The minimum atomic E-state index is -0.0915. The number of carbonyl (C=O) groups excluding carboxylic acids is 1. The van der Waals surface area contributed by atoms with Gasteiger partial charge in [-0.1, -0.05) is 12.1 Å². The third-order valence-corrected chi connectivity index (χ3v) is 5.22. The SMILES string of the molecule is CCCN1CCC(CNC(=O)c2cn(C3CCNCC3)nn2)CC1.Cl.Cl. The van der Waals surface area contributed by atoms with Crippen LogP contribution >= 0.6 is 24.8 Å². The second-order valence-corrected chi connectivity index (χ2v) is 7.06. The monoisotopic (exact) mass is 406 g/mol. The maximum Gasteiger partial charge on any atom is 0.273 e. The van der Waals surface area contributed by atoms with Crippen molar-refractivity contribution in [3.8, 4) is 0 Å². The van der Waals surface area contributed by atoms with Crippen molar-refractivity contribution in [3.63, 3.8) is 0 Å². The molecule has 0 aromatic carbocycles. The summed E-state index contributed by atoms with van der Waals surface area (Å²) in [5.41, 5.74) is 0.442. The molecule has 1 aromatic rings. The molecular formula is C17H32Cl2N6O. The molecule has 0 aliphatic carbocycles. The summed E-state index contributed by atoms with van der Waals surface area (Å²) in [6.45, 7) is 8.48. The van der Waals surface area contributed by atoms with E-state index in [2.05, 4.69) is 32.8 Å². The van der Waals surface area contributed by atoms with Crippen molar-refractivity contribution in [3.05, 3.63) is 11.9 Å². The Morgan fingerprint density at radius 2 is 1.92 bits per heavy atom. The summed E-state index contributed by atoms with van der Waals surface area (Å²) in [7, 11) is 0. The van der Waals surface area contributed by atoms with Gasteiger partial charge in [-0.3, -0.25) is 4.79 Å². The minimum absolute atomic E-state index is 0.